The third kappa shape index (κ3) is 2.10. The van der Waals surface area contributed by atoms with Gasteiger partial charge >= 0.3 is 0 Å². The van der Waals surface area contributed by atoms with Crippen LogP contribution < -0.4 is 0 Å². The zero-order chi connectivity index (χ0) is 18.8. The first kappa shape index (κ1) is 16.5. The van der Waals surface area contributed by atoms with Gasteiger partial charge in [-0.3, -0.25) is 19.4 Å². The summed E-state index contributed by atoms with van der Waals surface area (Å²) in [5.74, 6) is -0.395. The third-order valence-electron chi connectivity index (χ3n) is 7.33. The average Bonchev–Trinajstić information content (AvgIpc) is 3.00. The molecule has 0 saturated carbocycles. The van der Waals surface area contributed by atoms with E-state index in [-0.39, 0.29) is 35.5 Å². The Morgan fingerprint density at radius 1 is 0.679 bits per heavy atom. The zero-order valence-corrected chi connectivity index (χ0v) is 15.9. The molecule has 5 aliphatic rings. The molecule has 4 heteroatoms. The molecule has 0 aromatic heterocycles. The topological polar surface area (TPSA) is 40.6 Å². The summed E-state index contributed by atoms with van der Waals surface area (Å²) in [7, 11) is 0. The van der Waals surface area contributed by atoms with Crippen LogP contribution in [0.2, 0.25) is 0 Å². The lowest BCUT2D eigenvalue weighted by Gasteiger charge is -2.45. The quantitative estimate of drug-likeness (QED) is 0.760. The molecule has 2 aromatic carbocycles. The van der Waals surface area contributed by atoms with Crippen molar-refractivity contribution in [3.8, 4) is 0 Å². The summed E-state index contributed by atoms with van der Waals surface area (Å²) in [6.07, 6.45) is 3.56. The van der Waals surface area contributed by atoms with Crippen molar-refractivity contribution in [3.63, 3.8) is 0 Å². The van der Waals surface area contributed by atoms with Gasteiger partial charge in [-0.05, 0) is 48.2 Å². The molecular formula is C24H24N2O2. The van der Waals surface area contributed by atoms with Crippen molar-refractivity contribution in [2.24, 2.45) is 11.8 Å². The second kappa shape index (κ2) is 6.02. The maximum atomic E-state index is 13.5. The highest BCUT2D eigenvalue weighted by molar-refractivity contribution is 6.07. The highest BCUT2D eigenvalue weighted by Crippen LogP contribution is 2.60. The highest BCUT2D eigenvalue weighted by atomic mass is 16.2. The van der Waals surface area contributed by atoms with Gasteiger partial charge in [0.1, 0.15) is 0 Å². The Morgan fingerprint density at radius 2 is 1.11 bits per heavy atom. The molecule has 2 aliphatic heterocycles. The molecule has 2 aromatic rings. The summed E-state index contributed by atoms with van der Waals surface area (Å²) in [6.45, 7) is 2.44. The molecule has 2 heterocycles. The maximum Gasteiger partial charge on any atom is 0.235 e. The van der Waals surface area contributed by atoms with E-state index in [4.69, 9.17) is 0 Å². The van der Waals surface area contributed by atoms with Crippen LogP contribution in [-0.4, -0.2) is 41.4 Å². The van der Waals surface area contributed by atoms with Crippen molar-refractivity contribution in [1.82, 2.24) is 9.80 Å². The number of likely N-dealkylation sites (tertiary alicyclic amines) is 2. The zero-order valence-electron chi connectivity index (χ0n) is 15.9. The van der Waals surface area contributed by atoms with Crippen molar-refractivity contribution in [2.45, 2.75) is 31.1 Å². The van der Waals surface area contributed by atoms with Gasteiger partial charge in [0.05, 0.1) is 18.5 Å². The molecule has 4 nitrogen and oxygen atoms in total. The van der Waals surface area contributed by atoms with Crippen LogP contribution in [0.15, 0.2) is 48.5 Å². The van der Waals surface area contributed by atoms with Gasteiger partial charge in [-0.25, -0.2) is 0 Å². The number of imide groups is 1. The summed E-state index contributed by atoms with van der Waals surface area (Å²) in [4.78, 5) is 30.9. The smallest absolute Gasteiger partial charge is 0.235 e. The number of carbonyl (C=O) groups is 2. The van der Waals surface area contributed by atoms with Crippen LogP contribution in [0.1, 0.15) is 53.4 Å². The summed E-state index contributed by atoms with van der Waals surface area (Å²) < 4.78 is 0. The number of nitrogens with zero attached hydrogens (tertiary/aromatic N) is 2. The standard InChI is InChI=1S/C24H24N2O2/c27-23-21-19-15-8-2-3-9-16(15)20(18-11-5-4-10-17(18)19)22(21)24(28)26(23)14-25-12-6-1-7-13-25/h2-5,8-11,19-22H,1,6-7,12-14H2/t19?,20?,21-,22-/m1/s1. The van der Waals surface area contributed by atoms with E-state index in [2.05, 4.69) is 53.4 Å². The maximum absolute atomic E-state index is 13.5. The summed E-state index contributed by atoms with van der Waals surface area (Å²) in [6, 6.07) is 16.9. The van der Waals surface area contributed by atoms with Gasteiger partial charge in [-0.15, -0.1) is 0 Å². The van der Waals surface area contributed by atoms with Crippen LogP contribution in [0.3, 0.4) is 0 Å². The molecule has 2 bridgehead atoms. The van der Waals surface area contributed by atoms with E-state index in [9.17, 15) is 9.59 Å². The molecule has 2 atom stereocenters. The largest absolute Gasteiger partial charge is 0.286 e. The first-order chi connectivity index (χ1) is 13.8. The lowest BCUT2D eigenvalue weighted by Crippen LogP contribution is -2.44. The molecule has 0 N–H and O–H groups in total. The van der Waals surface area contributed by atoms with Crippen LogP contribution in [0.5, 0.6) is 0 Å². The van der Waals surface area contributed by atoms with E-state index in [0.29, 0.717) is 6.67 Å². The van der Waals surface area contributed by atoms with Gasteiger partial charge in [0, 0.05) is 11.8 Å². The van der Waals surface area contributed by atoms with Crippen molar-refractivity contribution >= 4 is 11.8 Å². The minimum Gasteiger partial charge on any atom is -0.286 e. The molecule has 2 fully saturated rings. The number of benzene rings is 2. The van der Waals surface area contributed by atoms with Crippen LogP contribution in [-0.2, 0) is 9.59 Å². The Balaban J connectivity index is 1.45. The van der Waals surface area contributed by atoms with E-state index >= 15 is 0 Å². The minimum atomic E-state index is -0.243. The van der Waals surface area contributed by atoms with Crippen molar-refractivity contribution in [1.29, 1.82) is 0 Å². The third-order valence-corrected chi connectivity index (χ3v) is 7.33. The van der Waals surface area contributed by atoms with Crippen molar-refractivity contribution in [3.05, 3.63) is 70.8 Å². The Kier molecular flexibility index (Phi) is 3.54. The fraction of sp³-hybridized carbons (Fsp3) is 0.417. The predicted molar refractivity (Wildman–Crippen MR) is 106 cm³/mol. The molecule has 0 spiro atoms. The van der Waals surface area contributed by atoms with E-state index in [1.54, 1.807) is 4.90 Å². The van der Waals surface area contributed by atoms with Crippen LogP contribution in [0, 0.1) is 11.8 Å². The Labute approximate surface area is 165 Å². The van der Waals surface area contributed by atoms with Gasteiger partial charge in [-0.2, -0.15) is 0 Å². The van der Waals surface area contributed by atoms with Gasteiger partial charge in [0.25, 0.3) is 0 Å². The Bertz CT molecular complexity index is 863. The normalized spacial score (nSPS) is 30.9. The van der Waals surface area contributed by atoms with Crippen molar-refractivity contribution in [2.75, 3.05) is 19.8 Å². The molecule has 7 rings (SSSR count). The van der Waals surface area contributed by atoms with Gasteiger partial charge in [0.15, 0.2) is 0 Å². The number of hydrogen-bond donors (Lipinski definition) is 0. The molecule has 2 amide bonds. The highest BCUT2D eigenvalue weighted by Gasteiger charge is 2.61. The number of carbonyl (C=O) groups excluding carboxylic acids is 2. The Morgan fingerprint density at radius 3 is 1.54 bits per heavy atom. The van der Waals surface area contributed by atoms with E-state index in [0.717, 1.165) is 25.9 Å². The fourth-order valence-corrected chi connectivity index (χ4v) is 6.18. The molecule has 0 radical (unpaired) electrons. The van der Waals surface area contributed by atoms with E-state index in [1.165, 1.54) is 28.7 Å². The monoisotopic (exact) mass is 372 g/mol. The molecule has 28 heavy (non-hydrogen) atoms. The molecule has 142 valence electrons. The second-order valence-electron chi connectivity index (χ2n) is 8.69. The Hall–Kier alpha value is -2.46. The number of rotatable bonds is 2. The van der Waals surface area contributed by atoms with Crippen LogP contribution in [0.25, 0.3) is 0 Å². The number of piperidine rings is 1. The van der Waals surface area contributed by atoms with Gasteiger partial charge in [0.2, 0.25) is 11.8 Å². The fourth-order valence-electron chi connectivity index (χ4n) is 6.18. The lowest BCUT2D eigenvalue weighted by molar-refractivity contribution is -0.142. The molecule has 2 saturated heterocycles. The van der Waals surface area contributed by atoms with Crippen LogP contribution >= 0.6 is 0 Å². The van der Waals surface area contributed by atoms with E-state index < -0.39 is 0 Å². The minimum absolute atomic E-state index is 0.00482. The SMILES string of the molecule is O=C1[C@@H]2C3c4ccccc4C(c4ccccc43)[C@H]2C(=O)N1CN1CCCCC1. The predicted octanol–water partition coefficient (Wildman–Crippen LogP) is 3.32. The van der Waals surface area contributed by atoms with Gasteiger partial charge < -0.3 is 0 Å². The summed E-state index contributed by atoms with van der Waals surface area (Å²) >= 11 is 0. The second-order valence-corrected chi connectivity index (χ2v) is 8.69. The molecule has 0 unspecified atom stereocenters. The number of amides is 2. The van der Waals surface area contributed by atoms with Crippen molar-refractivity contribution < 1.29 is 9.59 Å². The lowest BCUT2D eigenvalue weighted by atomic mass is 9.55. The van der Waals surface area contributed by atoms with Gasteiger partial charge in [-0.1, -0.05) is 55.0 Å². The number of hydrogen-bond acceptors (Lipinski definition) is 3. The first-order valence-electron chi connectivity index (χ1n) is 10.5. The van der Waals surface area contributed by atoms with Crippen LogP contribution in [0.4, 0.5) is 0 Å². The molecular weight excluding hydrogens is 348 g/mol. The molecule has 3 aliphatic carbocycles. The first-order valence-corrected chi connectivity index (χ1v) is 10.5. The average molecular weight is 372 g/mol. The summed E-state index contributed by atoms with van der Waals surface area (Å²) in [5.41, 5.74) is 4.98. The van der Waals surface area contributed by atoms with E-state index in [1.807, 2.05) is 0 Å². The summed E-state index contributed by atoms with van der Waals surface area (Å²) in [5, 5.41) is 0.